The summed E-state index contributed by atoms with van der Waals surface area (Å²) in [6, 6.07) is 0. The van der Waals surface area contributed by atoms with E-state index in [1.165, 1.54) is 0 Å². The van der Waals surface area contributed by atoms with Gasteiger partial charge in [-0.15, -0.1) is 0 Å². The minimum absolute atomic E-state index is 0.221. The third kappa shape index (κ3) is 1.96. The summed E-state index contributed by atoms with van der Waals surface area (Å²) in [5.74, 6) is 1.90. The first kappa shape index (κ1) is 11.5. The number of H-pyrrole nitrogens is 1. The summed E-state index contributed by atoms with van der Waals surface area (Å²) in [6.07, 6.45) is 5.37. The molecular formula is C11H14N8. The van der Waals surface area contributed by atoms with E-state index in [4.69, 9.17) is 5.73 Å². The van der Waals surface area contributed by atoms with Crippen LogP contribution < -0.4 is 10.6 Å². The van der Waals surface area contributed by atoms with Crippen LogP contribution in [-0.2, 0) is 13.6 Å². The molecule has 3 N–H and O–H groups in total. The molecule has 3 aromatic rings. The Kier molecular flexibility index (Phi) is 2.55. The number of anilines is 2. The first-order valence-electron chi connectivity index (χ1n) is 5.79. The number of aromatic amines is 1. The molecule has 0 spiro atoms. The van der Waals surface area contributed by atoms with Crippen LogP contribution in [0.2, 0.25) is 0 Å². The zero-order valence-electron chi connectivity index (χ0n) is 10.7. The highest BCUT2D eigenvalue weighted by Gasteiger charge is 2.13. The Morgan fingerprint density at radius 2 is 2.26 bits per heavy atom. The molecular weight excluding hydrogens is 244 g/mol. The molecule has 0 fully saturated rings. The average molecular weight is 258 g/mol. The van der Waals surface area contributed by atoms with Crippen LogP contribution in [0.25, 0.3) is 11.0 Å². The highest BCUT2D eigenvalue weighted by molar-refractivity contribution is 5.87. The number of nitrogens with zero attached hydrogens (tertiary/aromatic N) is 6. The summed E-state index contributed by atoms with van der Waals surface area (Å²) in [5, 5.41) is 7.61. The maximum absolute atomic E-state index is 5.71. The first-order valence-corrected chi connectivity index (χ1v) is 5.79. The molecule has 0 aliphatic carbocycles. The zero-order valence-corrected chi connectivity index (χ0v) is 10.7. The largest absolute Gasteiger partial charge is 0.368 e. The lowest BCUT2D eigenvalue weighted by molar-refractivity contribution is 0.757. The van der Waals surface area contributed by atoms with Gasteiger partial charge in [0, 0.05) is 26.5 Å². The van der Waals surface area contributed by atoms with Gasteiger partial charge in [0.2, 0.25) is 5.95 Å². The number of fused-ring (bicyclic) bond motifs is 1. The van der Waals surface area contributed by atoms with Crippen LogP contribution in [0.3, 0.4) is 0 Å². The SMILES string of the molecule is CN(Cc1nccn1C)c1nc(N)nc2[nH]ncc12. The van der Waals surface area contributed by atoms with Gasteiger partial charge in [0.05, 0.1) is 18.1 Å². The predicted octanol–water partition coefficient (Wildman–Crippen LogP) is 0.305. The number of hydrogen-bond acceptors (Lipinski definition) is 6. The van der Waals surface area contributed by atoms with Crippen LogP contribution in [0.4, 0.5) is 11.8 Å². The normalized spacial score (nSPS) is 11.1. The third-order valence-electron chi connectivity index (χ3n) is 2.97. The quantitative estimate of drug-likeness (QED) is 0.700. The number of nitrogen functional groups attached to an aromatic ring is 1. The van der Waals surface area contributed by atoms with Gasteiger partial charge in [-0.1, -0.05) is 0 Å². The van der Waals surface area contributed by atoms with Gasteiger partial charge in [-0.3, -0.25) is 5.10 Å². The van der Waals surface area contributed by atoms with E-state index in [2.05, 4.69) is 25.1 Å². The maximum Gasteiger partial charge on any atom is 0.224 e. The van der Waals surface area contributed by atoms with Crippen molar-refractivity contribution in [1.29, 1.82) is 0 Å². The van der Waals surface area contributed by atoms with Crippen molar-refractivity contribution in [2.75, 3.05) is 17.7 Å². The first-order chi connectivity index (χ1) is 9.15. The molecule has 0 radical (unpaired) electrons. The van der Waals surface area contributed by atoms with Crippen molar-refractivity contribution in [2.45, 2.75) is 6.54 Å². The Bertz CT molecular complexity index is 712. The number of aryl methyl sites for hydroxylation is 1. The summed E-state index contributed by atoms with van der Waals surface area (Å²) in [5.41, 5.74) is 6.34. The maximum atomic E-state index is 5.71. The molecule has 8 heteroatoms. The molecule has 0 atom stereocenters. The molecule has 3 aromatic heterocycles. The van der Waals surface area contributed by atoms with Crippen molar-refractivity contribution < 1.29 is 0 Å². The minimum atomic E-state index is 0.221. The zero-order chi connectivity index (χ0) is 13.4. The molecule has 0 amide bonds. The van der Waals surface area contributed by atoms with Crippen LogP contribution >= 0.6 is 0 Å². The highest BCUT2D eigenvalue weighted by Crippen LogP contribution is 2.22. The molecule has 0 bridgehead atoms. The van der Waals surface area contributed by atoms with Crippen molar-refractivity contribution in [3.8, 4) is 0 Å². The van der Waals surface area contributed by atoms with Gasteiger partial charge in [-0.2, -0.15) is 15.1 Å². The van der Waals surface area contributed by atoms with E-state index in [1.807, 2.05) is 29.8 Å². The molecule has 0 saturated heterocycles. The standard InChI is InChI=1S/C11H14N8/c1-18-4-3-13-8(18)6-19(2)10-7-5-14-17-9(7)15-11(12)16-10/h3-5H,6H2,1-2H3,(H3,12,14,15,16,17). The summed E-state index contributed by atoms with van der Waals surface area (Å²) in [6.45, 7) is 0.625. The monoisotopic (exact) mass is 258 g/mol. The molecule has 3 rings (SSSR count). The third-order valence-corrected chi connectivity index (χ3v) is 2.97. The molecule has 3 heterocycles. The number of hydrogen-bond donors (Lipinski definition) is 2. The summed E-state index contributed by atoms with van der Waals surface area (Å²) >= 11 is 0. The van der Waals surface area contributed by atoms with E-state index < -0.39 is 0 Å². The predicted molar refractivity (Wildman–Crippen MR) is 71.4 cm³/mol. The van der Waals surface area contributed by atoms with Gasteiger partial charge >= 0.3 is 0 Å². The Labute approximate surface area is 109 Å². The van der Waals surface area contributed by atoms with Crippen LogP contribution in [0.15, 0.2) is 18.6 Å². The Hall–Kier alpha value is -2.64. The van der Waals surface area contributed by atoms with Crippen molar-refractivity contribution in [2.24, 2.45) is 7.05 Å². The molecule has 0 unspecified atom stereocenters. The lowest BCUT2D eigenvalue weighted by atomic mass is 10.3. The molecule has 0 aliphatic heterocycles. The van der Waals surface area contributed by atoms with E-state index in [1.54, 1.807) is 12.4 Å². The summed E-state index contributed by atoms with van der Waals surface area (Å²) < 4.78 is 1.97. The van der Waals surface area contributed by atoms with E-state index in [0.29, 0.717) is 12.2 Å². The Morgan fingerprint density at radius 1 is 1.42 bits per heavy atom. The smallest absolute Gasteiger partial charge is 0.224 e. The second kappa shape index (κ2) is 4.23. The van der Waals surface area contributed by atoms with Crippen molar-refractivity contribution >= 4 is 22.8 Å². The molecule has 0 aliphatic rings. The topological polar surface area (TPSA) is 102 Å². The Morgan fingerprint density at radius 3 is 3.00 bits per heavy atom. The van der Waals surface area contributed by atoms with E-state index >= 15 is 0 Å². The van der Waals surface area contributed by atoms with E-state index in [0.717, 1.165) is 17.0 Å². The fraction of sp³-hybridized carbons (Fsp3) is 0.273. The molecule has 8 nitrogen and oxygen atoms in total. The fourth-order valence-corrected chi connectivity index (χ4v) is 1.96. The number of nitrogens with two attached hydrogens (primary N) is 1. The van der Waals surface area contributed by atoms with Crippen LogP contribution in [0.1, 0.15) is 5.82 Å². The van der Waals surface area contributed by atoms with E-state index in [9.17, 15) is 0 Å². The van der Waals surface area contributed by atoms with Crippen LogP contribution in [0, 0.1) is 0 Å². The fourth-order valence-electron chi connectivity index (χ4n) is 1.96. The van der Waals surface area contributed by atoms with Gasteiger partial charge in [0.15, 0.2) is 5.65 Å². The molecule has 0 aromatic carbocycles. The minimum Gasteiger partial charge on any atom is -0.368 e. The van der Waals surface area contributed by atoms with Gasteiger partial charge < -0.3 is 15.2 Å². The highest BCUT2D eigenvalue weighted by atomic mass is 15.2. The number of nitrogens with one attached hydrogen (secondary N) is 1. The van der Waals surface area contributed by atoms with Crippen LogP contribution in [-0.4, -0.2) is 36.8 Å². The summed E-state index contributed by atoms with van der Waals surface area (Å²) in [4.78, 5) is 14.6. The van der Waals surface area contributed by atoms with Crippen molar-refractivity contribution in [3.05, 3.63) is 24.4 Å². The molecule has 19 heavy (non-hydrogen) atoms. The number of rotatable bonds is 3. The van der Waals surface area contributed by atoms with E-state index in [-0.39, 0.29) is 5.95 Å². The lowest BCUT2D eigenvalue weighted by Crippen LogP contribution is -2.21. The van der Waals surface area contributed by atoms with Gasteiger partial charge in [0.25, 0.3) is 0 Å². The second-order valence-corrected chi connectivity index (χ2v) is 4.35. The average Bonchev–Trinajstić information content (AvgIpc) is 2.98. The van der Waals surface area contributed by atoms with Crippen molar-refractivity contribution in [3.63, 3.8) is 0 Å². The van der Waals surface area contributed by atoms with Crippen molar-refractivity contribution in [1.82, 2.24) is 29.7 Å². The van der Waals surface area contributed by atoms with Gasteiger partial charge in [0.1, 0.15) is 11.6 Å². The van der Waals surface area contributed by atoms with Gasteiger partial charge in [-0.25, -0.2) is 4.98 Å². The lowest BCUT2D eigenvalue weighted by Gasteiger charge is -2.18. The second-order valence-electron chi connectivity index (χ2n) is 4.35. The van der Waals surface area contributed by atoms with Gasteiger partial charge in [-0.05, 0) is 0 Å². The summed E-state index contributed by atoms with van der Waals surface area (Å²) in [7, 11) is 3.89. The Balaban J connectivity index is 1.99. The molecule has 98 valence electrons. The molecule has 0 saturated carbocycles. The van der Waals surface area contributed by atoms with Crippen LogP contribution in [0.5, 0.6) is 0 Å². The number of aromatic nitrogens is 6. The number of imidazole rings is 1.